The van der Waals surface area contributed by atoms with Crippen LogP contribution in [0.3, 0.4) is 0 Å². The largest absolute Gasteiger partial charge is 0.465 e. The fraction of sp³-hybridized carbons (Fsp3) is 0.500. The quantitative estimate of drug-likeness (QED) is 0.621. The number of piperidine rings is 1. The molecular formula is C14H20N2O3. The van der Waals surface area contributed by atoms with E-state index in [9.17, 15) is 9.90 Å². The third-order valence-corrected chi connectivity index (χ3v) is 3.71. The number of hydrogen-bond acceptors (Lipinski definition) is 5. The number of nitrogen functional groups attached to an aromatic ring is 1. The molecule has 5 nitrogen and oxygen atoms in total. The molecule has 1 aliphatic heterocycles. The number of benzene rings is 1. The number of para-hydroxylation sites is 1. The summed E-state index contributed by atoms with van der Waals surface area (Å²) in [6.07, 6.45) is 0.467. The van der Waals surface area contributed by atoms with E-state index < -0.39 is 12.1 Å². The summed E-state index contributed by atoms with van der Waals surface area (Å²) in [4.78, 5) is 13.8. The highest BCUT2D eigenvalue weighted by atomic mass is 16.5. The van der Waals surface area contributed by atoms with Crippen molar-refractivity contribution in [1.82, 2.24) is 0 Å². The van der Waals surface area contributed by atoms with Crippen LogP contribution in [0.2, 0.25) is 0 Å². The highest BCUT2D eigenvalue weighted by molar-refractivity contribution is 5.99. The maximum absolute atomic E-state index is 11.8. The van der Waals surface area contributed by atoms with Crippen molar-refractivity contribution in [2.24, 2.45) is 5.92 Å². The minimum Gasteiger partial charge on any atom is -0.465 e. The second-order valence-electron chi connectivity index (χ2n) is 5.01. The molecule has 0 amide bonds. The number of carbonyl (C=O) groups excluding carboxylic acids is 1. The van der Waals surface area contributed by atoms with Gasteiger partial charge in [-0.25, -0.2) is 4.79 Å². The Morgan fingerprint density at radius 2 is 2.26 bits per heavy atom. The van der Waals surface area contributed by atoms with Crippen LogP contribution < -0.4 is 10.6 Å². The van der Waals surface area contributed by atoms with Crippen molar-refractivity contribution in [1.29, 1.82) is 0 Å². The van der Waals surface area contributed by atoms with Crippen LogP contribution in [0, 0.1) is 5.92 Å². The van der Waals surface area contributed by atoms with Gasteiger partial charge in [-0.05, 0) is 24.5 Å². The molecule has 1 aromatic rings. The van der Waals surface area contributed by atoms with Gasteiger partial charge in [0.1, 0.15) is 0 Å². The molecule has 1 heterocycles. The van der Waals surface area contributed by atoms with E-state index in [1.54, 1.807) is 18.2 Å². The van der Waals surface area contributed by atoms with Gasteiger partial charge in [0.05, 0.1) is 30.2 Å². The molecule has 0 radical (unpaired) electrons. The molecule has 2 unspecified atom stereocenters. The Balaban J connectivity index is 2.36. The average molecular weight is 264 g/mol. The number of aliphatic hydroxyl groups is 1. The van der Waals surface area contributed by atoms with Crippen LogP contribution >= 0.6 is 0 Å². The van der Waals surface area contributed by atoms with Crippen LogP contribution in [0.5, 0.6) is 0 Å². The van der Waals surface area contributed by atoms with Crippen LogP contribution in [0.4, 0.5) is 11.4 Å². The summed E-state index contributed by atoms with van der Waals surface area (Å²) in [6, 6.07) is 5.18. The standard InChI is InChI=1S/C14H20N2O3/c1-9-6-7-16(8-12(9)17)13-10(14(18)19-2)4-3-5-11(13)15/h3-5,9,12,17H,6-8,15H2,1-2H3. The maximum Gasteiger partial charge on any atom is 0.340 e. The Labute approximate surface area is 113 Å². The lowest BCUT2D eigenvalue weighted by atomic mass is 9.95. The van der Waals surface area contributed by atoms with E-state index in [1.165, 1.54) is 7.11 Å². The molecule has 1 saturated heterocycles. The Morgan fingerprint density at radius 3 is 2.89 bits per heavy atom. The number of esters is 1. The summed E-state index contributed by atoms with van der Waals surface area (Å²) in [5.41, 5.74) is 7.64. The van der Waals surface area contributed by atoms with E-state index in [1.807, 2.05) is 11.8 Å². The van der Waals surface area contributed by atoms with E-state index in [-0.39, 0.29) is 5.92 Å². The first-order chi connectivity index (χ1) is 9.04. The predicted octanol–water partition coefficient (Wildman–Crippen LogP) is 1.26. The molecule has 0 spiro atoms. The number of ether oxygens (including phenoxy) is 1. The highest BCUT2D eigenvalue weighted by Crippen LogP contribution is 2.32. The van der Waals surface area contributed by atoms with Gasteiger partial charge in [0.15, 0.2) is 0 Å². The normalized spacial score (nSPS) is 23.2. The van der Waals surface area contributed by atoms with Gasteiger partial charge < -0.3 is 20.5 Å². The van der Waals surface area contributed by atoms with Gasteiger partial charge in [-0.2, -0.15) is 0 Å². The number of anilines is 2. The first-order valence-corrected chi connectivity index (χ1v) is 6.44. The van der Waals surface area contributed by atoms with Crippen molar-refractivity contribution in [3.63, 3.8) is 0 Å². The molecule has 2 rings (SSSR count). The van der Waals surface area contributed by atoms with E-state index in [0.717, 1.165) is 13.0 Å². The number of rotatable bonds is 2. The van der Waals surface area contributed by atoms with Gasteiger partial charge in [0.2, 0.25) is 0 Å². The number of nitrogens with zero attached hydrogens (tertiary/aromatic N) is 1. The number of carbonyl (C=O) groups is 1. The van der Waals surface area contributed by atoms with Gasteiger partial charge in [-0.1, -0.05) is 13.0 Å². The molecule has 2 atom stereocenters. The second kappa shape index (κ2) is 5.48. The topological polar surface area (TPSA) is 75.8 Å². The molecule has 1 fully saturated rings. The number of β-amino-alcohol motifs (C(OH)–C–C–N with tert-alkyl or cyclic N) is 1. The number of methoxy groups -OCH3 is 1. The monoisotopic (exact) mass is 264 g/mol. The first-order valence-electron chi connectivity index (χ1n) is 6.44. The molecule has 104 valence electrons. The van der Waals surface area contributed by atoms with Gasteiger partial charge in [0.25, 0.3) is 0 Å². The van der Waals surface area contributed by atoms with Crippen LogP contribution in [0.1, 0.15) is 23.7 Å². The van der Waals surface area contributed by atoms with Gasteiger partial charge in [-0.3, -0.25) is 0 Å². The van der Waals surface area contributed by atoms with Crippen molar-refractivity contribution in [2.75, 3.05) is 30.8 Å². The number of hydrogen-bond donors (Lipinski definition) is 2. The number of nitrogens with two attached hydrogens (primary N) is 1. The van der Waals surface area contributed by atoms with Crippen LogP contribution in [-0.4, -0.2) is 37.4 Å². The molecule has 19 heavy (non-hydrogen) atoms. The molecule has 0 aromatic heterocycles. The molecular weight excluding hydrogens is 244 g/mol. The summed E-state index contributed by atoms with van der Waals surface area (Å²) in [5, 5.41) is 9.99. The Hall–Kier alpha value is -1.75. The van der Waals surface area contributed by atoms with E-state index >= 15 is 0 Å². The van der Waals surface area contributed by atoms with Gasteiger partial charge in [-0.15, -0.1) is 0 Å². The lowest BCUT2D eigenvalue weighted by Crippen LogP contribution is -2.43. The van der Waals surface area contributed by atoms with Crippen LogP contribution in [0.15, 0.2) is 18.2 Å². The third-order valence-electron chi connectivity index (χ3n) is 3.71. The zero-order chi connectivity index (χ0) is 14.0. The first kappa shape index (κ1) is 13.7. The second-order valence-corrected chi connectivity index (χ2v) is 5.01. The Bertz CT molecular complexity index is 476. The summed E-state index contributed by atoms with van der Waals surface area (Å²) in [5.74, 6) is -0.141. The van der Waals surface area contributed by atoms with Crippen molar-refractivity contribution in [2.45, 2.75) is 19.4 Å². The van der Waals surface area contributed by atoms with Crippen LogP contribution in [-0.2, 0) is 4.74 Å². The minimum absolute atomic E-state index is 0.266. The Kier molecular flexibility index (Phi) is 3.95. The molecule has 0 saturated carbocycles. The smallest absolute Gasteiger partial charge is 0.340 e. The zero-order valence-electron chi connectivity index (χ0n) is 11.3. The highest BCUT2D eigenvalue weighted by Gasteiger charge is 2.28. The van der Waals surface area contributed by atoms with Gasteiger partial charge in [0, 0.05) is 13.1 Å². The summed E-state index contributed by atoms with van der Waals surface area (Å²) in [7, 11) is 1.35. The molecule has 3 N–H and O–H groups in total. The van der Waals surface area contributed by atoms with E-state index in [0.29, 0.717) is 23.5 Å². The third kappa shape index (κ3) is 2.66. The van der Waals surface area contributed by atoms with Crippen molar-refractivity contribution >= 4 is 17.3 Å². The fourth-order valence-electron chi connectivity index (χ4n) is 2.44. The summed E-state index contributed by atoms with van der Waals surface area (Å²) < 4.78 is 4.79. The molecule has 0 aliphatic carbocycles. The van der Waals surface area contributed by atoms with Crippen molar-refractivity contribution < 1.29 is 14.6 Å². The lowest BCUT2D eigenvalue weighted by Gasteiger charge is -2.37. The summed E-state index contributed by atoms with van der Waals surface area (Å²) in [6.45, 7) is 3.29. The zero-order valence-corrected chi connectivity index (χ0v) is 11.3. The molecule has 1 aromatic carbocycles. The van der Waals surface area contributed by atoms with Gasteiger partial charge >= 0.3 is 5.97 Å². The minimum atomic E-state index is -0.407. The predicted molar refractivity (Wildman–Crippen MR) is 74.2 cm³/mol. The van der Waals surface area contributed by atoms with Crippen molar-refractivity contribution in [3.8, 4) is 0 Å². The van der Waals surface area contributed by atoms with E-state index in [4.69, 9.17) is 10.5 Å². The molecule has 0 bridgehead atoms. The van der Waals surface area contributed by atoms with E-state index in [2.05, 4.69) is 0 Å². The average Bonchev–Trinajstić information content (AvgIpc) is 2.41. The SMILES string of the molecule is COC(=O)c1cccc(N)c1N1CCC(C)C(O)C1. The maximum atomic E-state index is 11.8. The molecule has 1 aliphatic rings. The lowest BCUT2D eigenvalue weighted by molar-refractivity contribution is 0.0600. The molecule has 5 heteroatoms. The number of aliphatic hydroxyl groups excluding tert-OH is 1. The van der Waals surface area contributed by atoms with Crippen molar-refractivity contribution in [3.05, 3.63) is 23.8 Å². The fourth-order valence-corrected chi connectivity index (χ4v) is 2.44. The van der Waals surface area contributed by atoms with Crippen LogP contribution in [0.25, 0.3) is 0 Å². The Morgan fingerprint density at radius 1 is 1.53 bits per heavy atom. The summed E-state index contributed by atoms with van der Waals surface area (Å²) >= 11 is 0.